The van der Waals surface area contributed by atoms with Gasteiger partial charge in [0.2, 0.25) is 11.8 Å². The Morgan fingerprint density at radius 3 is 2.42 bits per heavy atom. The molecule has 0 heterocycles. The number of halogens is 1. The summed E-state index contributed by atoms with van der Waals surface area (Å²) < 4.78 is 4.80. The summed E-state index contributed by atoms with van der Waals surface area (Å²) in [5, 5.41) is 5.27. The number of nitrogens with two attached hydrogens (primary N) is 1. The van der Waals surface area contributed by atoms with E-state index in [9.17, 15) is 9.59 Å². The average Bonchev–Trinajstić information content (AvgIpc) is 2.28. The fraction of sp³-hybridized carbons (Fsp3) is 0.333. The van der Waals surface area contributed by atoms with E-state index in [2.05, 4.69) is 10.6 Å². The highest BCUT2D eigenvalue weighted by Crippen LogP contribution is 2.15. The quantitative estimate of drug-likeness (QED) is 0.752. The number of methoxy groups -OCH3 is 1. The molecule has 1 unspecified atom stereocenters. The maximum Gasteiger partial charge on any atom is 0.243 e. The molecule has 1 rings (SSSR count). The maximum atomic E-state index is 11.6. The zero-order valence-corrected chi connectivity index (χ0v) is 11.6. The molecule has 0 spiro atoms. The normalized spacial score (nSPS) is 11.1. The van der Waals surface area contributed by atoms with Gasteiger partial charge in [-0.15, -0.1) is 12.4 Å². The Balaban J connectivity index is 0.00000324. The third kappa shape index (κ3) is 6.19. The van der Waals surface area contributed by atoms with Crippen LogP contribution in [0.2, 0.25) is 0 Å². The molecule has 0 saturated carbocycles. The molecule has 1 aromatic rings. The summed E-state index contributed by atoms with van der Waals surface area (Å²) in [4.78, 5) is 22.5. The topological polar surface area (TPSA) is 93.4 Å². The van der Waals surface area contributed by atoms with Crippen molar-refractivity contribution in [1.82, 2.24) is 0 Å². The second-order valence-electron chi connectivity index (χ2n) is 3.81. The molecule has 0 fully saturated rings. The predicted molar refractivity (Wildman–Crippen MR) is 76.5 cm³/mol. The summed E-state index contributed by atoms with van der Waals surface area (Å²) in [6, 6.07) is 6.09. The van der Waals surface area contributed by atoms with Crippen molar-refractivity contribution in [3.05, 3.63) is 24.3 Å². The Hall–Kier alpha value is -1.63. The van der Waals surface area contributed by atoms with Crippen molar-refractivity contribution in [1.29, 1.82) is 0 Å². The van der Waals surface area contributed by atoms with Gasteiger partial charge >= 0.3 is 0 Å². The number of hydrogen-bond donors (Lipinski definition) is 3. The molecule has 0 radical (unpaired) electrons. The van der Waals surface area contributed by atoms with Gasteiger partial charge in [-0.2, -0.15) is 0 Å². The highest BCUT2D eigenvalue weighted by molar-refractivity contribution is 5.96. The van der Waals surface area contributed by atoms with Gasteiger partial charge in [0.1, 0.15) is 6.04 Å². The number of benzene rings is 1. The lowest BCUT2D eigenvalue weighted by Gasteiger charge is -2.12. The molecule has 0 bridgehead atoms. The first-order valence-corrected chi connectivity index (χ1v) is 5.46. The molecule has 0 aliphatic heterocycles. The first-order valence-electron chi connectivity index (χ1n) is 5.46. The fourth-order valence-corrected chi connectivity index (χ4v) is 1.37. The summed E-state index contributed by atoms with van der Waals surface area (Å²) >= 11 is 0. The molecule has 0 aliphatic rings. The van der Waals surface area contributed by atoms with Crippen molar-refractivity contribution >= 4 is 35.6 Å². The van der Waals surface area contributed by atoms with Crippen molar-refractivity contribution < 1.29 is 14.3 Å². The van der Waals surface area contributed by atoms with E-state index >= 15 is 0 Å². The SMILES string of the molecule is COCC(N)C(=O)Nc1cccc(NC(C)=O)c1.Cl. The number of carbonyl (C=O) groups is 2. The van der Waals surface area contributed by atoms with Gasteiger partial charge in [0, 0.05) is 25.4 Å². The molecule has 6 nitrogen and oxygen atoms in total. The Morgan fingerprint density at radius 1 is 1.32 bits per heavy atom. The van der Waals surface area contributed by atoms with Crippen LogP contribution in [-0.4, -0.2) is 31.6 Å². The molecule has 106 valence electrons. The van der Waals surface area contributed by atoms with Gasteiger partial charge in [-0.05, 0) is 18.2 Å². The summed E-state index contributed by atoms with van der Waals surface area (Å²) in [6.45, 7) is 1.57. The standard InChI is InChI=1S/C12H17N3O3.ClH/c1-8(16)14-9-4-3-5-10(6-9)15-12(17)11(13)7-18-2;/h3-6,11H,7,13H2,1-2H3,(H,14,16)(H,15,17);1H. The Kier molecular flexibility index (Phi) is 7.74. The van der Waals surface area contributed by atoms with Crippen LogP contribution < -0.4 is 16.4 Å². The summed E-state index contributed by atoms with van der Waals surface area (Å²) in [6.07, 6.45) is 0. The predicted octanol–water partition coefficient (Wildman–Crippen LogP) is 0.979. The van der Waals surface area contributed by atoms with E-state index in [1.807, 2.05) is 0 Å². The van der Waals surface area contributed by atoms with Crippen LogP contribution in [-0.2, 0) is 14.3 Å². The highest BCUT2D eigenvalue weighted by atomic mass is 35.5. The molecule has 7 heteroatoms. The maximum absolute atomic E-state index is 11.6. The lowest BCUT2D eigenvalue weighted by atomic mass is 10.2. The van der Waals surface area contributed by atoms with Gasteiger partial charge in [-0.1, -0.05) is 6.07 Å². The van der Waals surface area contributed by atoms with E-state index in [-0.39, 0.29) is 30.8 Å². The number of anilines is 2. The summed E-state index contributed by atoms with van der Waals surface area (Å²) in [5.74, 6) is -0.508. The Bertz CT molecular complexity index is 440. The van der Waals surface area contributed by atoms with Crippen molar-refractivity contribution in [3.63, 3.8) is 0 Å². The van der Waals surface area contributed by atoms with Gasteiger partial charge in [0.05, 0.1) is 6.61 Å². The zero-order valence-electron chi connectivity index (χ0n) is 10.8. The lowest BCUT2D eigenvalue weighted by molar-refractivity contribution is -0.118. The van der Waals surface area contributed by atoms with Crippen LogP contribution in [0.15, 0.2) is 24.3 Å². The highest BCUT2D eigenvalue weighted by Gasteiger charge is 2.13. The second kappa shape index (κ2) is 8.47. The van der Waals surface area contributed by atoms with Gasteiger partial charge in [0.15, 0.2) is 0 Å². The second-order valence-corrected chi connectivity index (χ2v) is 3.81. The van der Waals surface area contributed by atoms with Crippen LogP contribution in [0.5, 0.6) is 0 Å². The summed E-state index contributed by atoms with van der Waals surface area (Å²) in [7, 11) is 1.48. The van der Waals surface area contributed by atoms with Crippen LogP contribution in [0.1, 0.15) is 6.92 Å². The van der Waals surface area contributed by atoms with Crippen molar-refractivity contribution in [2.45, 2.75) is 13.0 Å². The van der Waals surface area contributed by atoms with Crippen molar-refractivity contribution in [3.8, 4) is 0 Å². The van der Waals surface area contributed by atoms with Crippen LogP contribution in [0.25, 0.3) is 0 Å². The van der Waals surface area contributed by atoms with E-state index < -0.39 is 6.04 Å². The zero-order chi connectivity index (χ0) is 13.5. The third-order valence-electron chi connectivity index (χ3n) is 2.13. The molecular weight excluding hydrogens is 270 g/mol. The molecule has 0 aliphatic carbocycles. The minimum Gasteiger partial charge on any atom is -0.383 e. The molecule has 0 aromatic heterocycles. The number of ether oxygens (including phenoxy) is 1. The van der Waals surface area contributed by atoms with E-state index in [1.54, 1.807) is 24.3 Å². The minimum absolute atomic E-state index is 0. The fourth-order valence-electron chi connectivity index (χ4n) is 1.37. The largest absolute Gasteiger partial charge is 0.383 e. The van der Waals surface area contributed by atoms with Crippen molar-refractivity contribution in [2.24, 2.45) is 5.73 Å². The van der Waals surface area contributed by atoms with Crippen LogP contribution in [0.3, 0.4) is 0 Å². The monoisotopic (exact) mass is 287 g/mol. The third-order valence-corrected chi connectivity index (χ3v) is 2.13. The first-order chi connectivity index (χ1) is 8.52. The van der Waals surface area contributed by atoms with E-state index in [0.29, 0.717) is 11.4 Å². The molecule has 1 atom stereocenters. The average molecular weight is 288 g/mol. The van der Waals surface area contributed by atoms with Gasteiger partial charge in [-0.3, -0.25) is 9.59 Å². The van der Waals surface area contributed by atoms with Gasteiger partial charge < -0.3 is 21.1 Å². The van der Waals surface area contributed by atoms with Gasteiger partial charge in [-0.25, -0.2) is 0 Å². The molecule has 1 aromatic carbocycles. The van der Waals surface area contributed by atoms with E-state index in [4.69, 9.17) is 10.5 Å². The molecule has 4 N–H and O–H groups in total. The van der Waals surface area contributed by atoms with E-state index in [1.165, 1.54) is 14.0 Å². The number of nitrogens with one attached hydrogen (secondary N) is 2. The molecule has 19 heavy (non-hydrogen) atoms. The first kappa shape index (κ1) is 17.4. The minimum atomic E-state index is -0.723. The van der Waals surface area contributed by atoms with Crippen LogP contribution in [0, 0.1) is 0 Å². The Labute approximate surface area is 118 Å². The van der Waals surface area contributed by atoms with Crippen molar-refractivity contribution in [2.75, 3.05) is 24.4 Å². The van der Waals surface area contributed by atoms with Crippen LogP contribution in [0.4, 0.5) is 11.4 Å². The van der Waals surface area contributed by atoms with Gasteiger partial charge in [0.25, 0.3) is 0 Å². The summed E-state index contributed by atoms with van der Waals surface area (Å²) in [5.41, 5.74) is 6.77. The number of hydrogen-bond acceptors (Lipinski definition) is 4. The smallest absolute Gasteiger partial charge is 0.243 e. The number of carbonyl (C=O) groups excluding carboxylic acids is 2. The van der Waals surface area contributed by atoms with E-state index in [0.717, 1.165) is 0 Å². The van der Waals surface area contributed by atoms with Crippen LogP contribution >= 0.6 is 12.4 Å². The lowest BCUT2D eigenvalue weighted by Crippen LogP contribution is -2.39. The molecular formula is C12H18ClN3O3. The molecule has 2 amide bonds. The number of rotatable bonds is 5. The Morgan fingerprint density at radius 2 is 1.89 bits per heavy atom. The number of amides is 2. The molecule has 0 saturated heterocycles.